The summed E-state index contributed by atoms with van der Waals surface area (Å²) in [6.45, 7) is 3.95. The van der Waals surface area contributed by atoms with Crippen LogP contribution >= 0.6 is 0 Å². The van der Waals surface area contributed by atoms with Crippen molar-refractivity contribution in [3.63, 3.8) is 0 Å². The fourth-order valence-corrected chi connectivity index (χ4v) is 0.297. The van der Waals surface area contributed by atoms with Crippen molar-refractivity contribution in [2.75, 3.05) is 6.54 Å². The Bertz CT molecular complexity index is 110. The van der Waals surface area contributed by atoms with E-state index in [-0.39, 0.29) is 0 Å². The molecule has 0 fully saturated rings. The van der Waals surface area contributed by atoms with Crippen molar-refractivity contribution in [1.82, 2.24) is 5.32 Å². The summed E-state index contributed by atoms with van der Waals surface area (Å²) in [4.78, 5) is 13.5. The minimum Gasteiger partial charge on any atom is -0.354 e. The number of nitrogens with one attached hydrogen (secondary N) is 1. The standard InChI is InChI=1S/C6H10N2O/c1-2-7-6-8-4-3-5-9/h2,5-6H,1,3-4H2,(H,7,8). The lowest BCUT2D eigenvalue weighted by Crippen LogP contribution is -1.99. The molecule has 1 N–H and O–H groups in total. The van der Waals surface area contributed by atoms with Gasteiger partial charge in [0.05, 0.1) is 6.34 Å². The van der Waals surface area contributed by atoms with E-state index in [9.17, 15) is 4.79 Å². The van der Waals surface area contributed by atoms with Crippen LogP contribution in [0.1, 0.15) is 6.42 Å². The summed E-state index contributed by atoms with van der Waals surface area (Å²) < 4.78 is 0. The van der Waals surface area contributed by atoms with E-state index in [0.29, 0.717) is 13.0 Å². The molecule has 0 unspecified atom stereocenters. The quantitative estimate of drug-likeness (QED) is 0.250. The molecule has 0 bridgehead atoms. The van der Waals surface area contributed by atoms with Crippen molar-refractivity contribution < 1.29 is 4.79 Å². The summed E-state index contributed by atoms with van der Waals surface area (Å²) in [5.41, 5.74) is 0. The molecule has 9 heavy (non-hydrogen) atoms. The van der Waals surface area contributed by atoms with Crippen molar-refractivity contribution in [2.45, 2.75) is 6.42 Å². The largest absolute Gasteiger partial charge is 0.354 e. The number of aliphatic imine (C=N–C) groups is 1. The van der Waals surface area contributed by atoms with Gasteiger partial charge in [-0.15, -0.1) is 0 Å². The predicted octanol–water partition coefficient (Wildman–Crippen LogP) is 0.337. The second kappa shape index (κ2) is 6.88. The molecule has 0 aromatic rings. The summed E-state index contributed by atoms with van der Waals surface area (Å²) in [5, 5.41) is 2.66. The fraction of sp³-hybridized carbons (Fsp3) is 0.333. The van der Waals surface area contributed by atoms with Crippen LogP contribution in [0.2, 0.25) is 0 Å². The van der Waals surface area contributed by atoms with Gasteiger partial charge in [0, 0.05) is 13.0 Å². The second-order valence-corrected chi connectivity index (χ2v) is 1.36. The van der Waals surface area contributed by atoms with Crippen molar-refractivity contribution in [3.8, 4) is 0 Å². The van der Waals surface area contributed by atoms with E-state index in [1.807, 2.05) is 0 Å². The van der Waals surface area contributed by atoms with Gasteiger partial charge in [-0.25, -0.2) is 0 Å². The second-order valence-electron chi connectivity index (χ2n) is 1.36. The maximum absolute atomic E-state index is 9.72. The molecular weight excluding hydrogens is 116 g/mol. The van der Waals surface area contributed by atoms with Gasteiger partial charge in [0.25, 0.3) is 0 Å². The Hall–Kier alpha value is -1.12. The minimum absolute atomic E-state index is 0.481. The lowest BCUT2D eigenvalue weighted by molar-refractivity contribution is -0.107. The van der Waals surface area contributed by atoms with Crippen molar-refractivity contribution in [3.05, 3.63) is 12.8 Å². The van der Waals surface area contributed by atoms with Crippen LogP contribution in [0.5, 0.6) is 0 Å². The van der Waals surface area contributed by atoms with Crippen LogP contribution in [-0.4, -0.2) is 19.2 Å². The Kier molecular flexibility index (Phi) is 6.02. The van der Waals surface area contributed by atoms with Crippen LogP contribution in [0, 0.1) is 0 Å². The first-order valence-corrected chi connectivity index (χ1v) is 2.70. The number of hydrogen-bond donors (Lipinski definition) is 1. The monoisotopic (exact) mass is 126 g/mol. The molecule has 0 aromatic carbocycles. The summed E-state index contributed by atoms with van der Waals surface area (Å²) >= 11 is 0. The first-order valence-electron chi connectivity index (χ1n) is 2.70. The first-order chi connectivity index (χ1) is 4.41. The third kappa shape index (κ3) is 6.88. The van der Waals surface area contributed by atoms with Crippen LogP contribution in [0.3, 0.4) is 0 Å². The van der Waals surface area contributed by atoms with Gasteiger partial charge in [-0.2, -0.15) is 0 Å². The van der Waals surface area contributed by atoms with Gasteiger partial charge in [0.2, 0.25) is 0 Å². The van der Waals surface area contributed by atoms with Crippen molar-refractivity contribution in [2.24, 2.45) is 4.99 Å². The number of carbonyl (C=O) groups is 1. The van der Waals surface area contributed by atoms with Gasteiger partial charge in [-0.3, -0.25) is 4.99 Å². The maximum Gasteiger partial charge on any atom is 0.121 e. The molecule has 50 valence electrons. The smallest absolute Gasteiger partial charge is 0.121 e. The van der Waals surface area contributed by atoms with E-state index in [1.165, 1.54) is 12.5 Å². The van der Waals surface area contributed by atoms with E-state index < -0.39 is 0 Å². The molecule has 0 radical (unpaired) electrons. The van der Waals surface area contributed by atoms with Gasteiger partial charge in [0.1, 0.15) is 6.29 Å². The number of rotatable bonds is 5. The highest BCUT2D eigenvalue weighted by Gasteiger charge is 1.74. The molecule has 0 rings (SSSR count). The zero-order valence-electron chi connectivity index (χ0n) is 5.21. The molecule has 0 saturated heterocycles. The van der Waals surface area contributed by atoms with Gasteiger partial charge < -0.3 is 10.1 Å². The highest BCUT2D eigenvalue weighted by molar-refractivity contribution is 5.56. The number of hydrogen-bond acceptors (Lipinski definition) is 2. The van der Waals surface area contributed by atoms with Crippen LogP contribution in [-0.2, 0) is 4.79 Å². The molecule has 0 aliphatic rings. The number of nitrogens with zero attached hydrogens (tertiary/aromatic N) is 1. The zero-order valence-corrected chi connectivity index (χ0v) is 5.21. The molecular formula is C6H10N2O. The molecule has 0 aliphatic carbocycles. The molecule has 0 aromatic heterocycles. The third-order valence-electron chi connectivity index (χ3n) is 0.660. The lowest BCUT2D eigenvalue weighted by Gasteiger charge is -1.85. The summed E-state index contributed by atoms with van der Waals surface area (Å²) in [6, 6.07) is 0. The summed E-state index contributed by atoms with van der Waals surface area (Å²) in [7, 11) is 0. The van der Waals surface area contributed by atoms with Crippen LogP contribution in [0.15, 0.2) is 17.8 Å². The first kappa shape index (κ1) is 7.88. The predicted molar refractivity (Wildman–Crippen MR) is 37.4 cm³/mol. The topological polar surface area (TPSA) is 41.5 Å². The minimum atomic E-state index is 0.481. The molecule has 0 aliphatic heterocycles. The highest BCUT2D eigenvalue weighted by atomic mass is 16.1. The zero-order chi connectivity index (χ0) is 6.95. The molecule has 3 nitrogen and oxygen atoms in total. The van der Waals surface area contributed by atoms with E-state index in [1.54, 1.807) is 0 Å². The molecule has 0 saturated carbocycles. The van der Waals surface area contributed by atoms with Gasteiger partial charge in [0.15, 0.2) is 0 Å². The molecule has 0 heterocycles. The summed E-state index contributed by atoms with van der Waals surface area (Å²) in [6.07, 6.45) is 4.35. The van der Waals surface area contributed by atoms with E-state index in [0.717, 1.165) is 6.29 Å². The highest BCUT2D eigenvalue weighted by Crippen LogP contribution is 1.70. The van der Waals surface area contributed by atoms with E-state index in [4.69, 9.17) is 0 Å². The van der Waals surface area contributed by atoms with Crippen LogP contribution in [0.4, 0.5) is 0 Å². The van der Waals surface area contributed by atoms with Gasteiger partial charge >= 0.3 is 0 Å². The van der Waals surface area contributed by atoms with Gasteiger partial charge in [-0.1, -0.05) is 6.58 Å². The normalized spacial score (nSPS) is 9.33. The molecule has 0 amide bonds. The van der Waals surface area contributed by atoms with Crippen LogP contribution < -0.4 is 5.32 Å². The lowest BCUT2D eigenvalue weighted by atomic mass is 10.5. The van der Waals surface area contributed by atoms with E-state index >= 15 is 0 Å². The number of carbonyl (C=O) groups excluding carboxylic acids is 1. The van der Waals surface area contributed by atoms with Crippen molar-refractivity contribution >= 4 is 12.6 Å². The Balaban J connectivity index is 3.03. The Morgan fingerprint density at radius 1 is 1.67 bits per heavy atom. The summed E-state index contributed by atoms with van der Waals surface area (Å²) in [5.74, 6) is 0. The Labute approximate surface area is 54.5 Å². The van der Waals surface area contributed by atoms with Gasteiger partial charge in [-0.05, 0) is 6.20 Å². The Morgan fingerprint density at radius 2 is 2.44 bits per heavy atom. The maximum atomic E-state index is 9.72. The Morgan fingerprint density at radius 3 is 3.00 bits per heavy atom. The fourth-order valence-electron chi connectivity index (χ4n) is 0.297. The molecule has 0 atom stereocenters. The number of aldehydes is 1. The SMILES string of the molecule is C=CNC=NCCC=O. The van der Waals surface area contributed by atoms with E-state index in [2.05, 4.69) is 16.9 Å². The van der Waals surface area contributed by atoms with Crippen LogP contribution in [0.25, 0.3) is 0 Å². The average Bonchev–Trinajstić information content (AvgIpc) is 1.89. The average molecular weight is 126 g/mol. The molecule has 0 spiro atoms. The van der Waals surface area contributed by atoms with Crippen molar-refractivity contribution in [1.29, 1.82) is 0 Å². The third-order valence-corrected chi connectivity index (χ3v) is 0.660. The molecule has 3 heteroatoms.